The summed E-state index contributed by atoms with van der Waals surface area (Å²) in [5.74, 6) is -0.826. The fourth-order valence-electron chi connectivity index (χ4n) is 2.44. The van der Waals surface area contributed by atoms with Crippen LogP contribution >= 0.6 is 0 Å². The van der Waals surface area contributed by atoms with Crippen LogP contribution in [0.25, 0.3) is 0 Å². The molecule has 0 aliphatic carbocycles. The zero-order chi connectivity index (χ0) is 14.2. The van der Waals surface area contributed by atoms with Gasteiger partial charge in [0, 0.05) is 6.54 Å². The van der Waals surface area contributed by atoms with Crippen LogP contribution in [0, 0.1) is 12.8 Å². The molecule has 0 saturated carbocycles. The molecule has 2 atom stereocenters. The van der Waals surface area contributed by atoms with E-state index >= 15 is 0 Å². The van der Waals surface area contributed by atoms with E-state index in [2.05, 4.69) is 9.97 Å². The zero-order valence-corrected chi connectivity index (χ0v) is 11.6. The van der Waals surface area contributed by atoms with Crippen LogP contribution < -0.4 is 0 Å². The Morgan fingerprint density at radius 2 is 2.26 bits per heavy atom. The molecule has 7 nitrogen and oxygen atoms in total. The van der Waals surface area contributed by atoms with Crippen LogP contribution in [-0.2, 0) is 14.8 Å². The minimum absolute atomic E-state index is 0.0506. The number of aliphatic carboxylic acids is 1. The van der Waals surface area contributed by atoms with Crippen LogP contribution in [0.1, 0.15) is 25.6 Å². The number of carbonyl (C=O) groups is 1. The number of imidazole rings is 1. The first-order chi connectivity index (χ1) is 8.84. The highest BCUT2D eigenvalue weighted by Crippen LogP contribution is 2.28. The van der Waals surface area contributed by atoms with Gasteiger partial charge in [0.05, 0.1) is 6.20 Å². The molecule has 0 bridgehead atoms. The van der Waals surface area contributed by atoms with Crippen molar-refractivity contribution in [1.29, 1.82) is 0 Å². The van der Waals surface area contributed by atoms with Crippen molar-refractivity contribution in [3.63, 3.8) is 0 Å². The Labute approximate surface area is 111 Å². The molecule has 1 aliphatic rings. The van der Waals surface area contributed by atoms with Gasteiger partial charge in [0.2, 0.25) is 0 Å². The zero-order valence-electron chi connectivity index (χ0n) is 10.8. The van der Waals surface area contributed by atoms with E-state index in [-0.39, 0.29) is 17.5 Å². The number of hydrogen-bond donors (Lipinski definition) is 2. The summed E-state index contributed by atoms with van der Waals surface area (Å²) in [4.78, 5) is 17.8. The van der Waals surface area contributed by atoms with E-state index in [1.807, 2.05) is 0 Å². The fraction of sp³-hybridized carbons (Fsp3) is 0.636. The summed E-state index contributed by atoms with van der Waals surface area (Å²) in [5, 5.41) is 9.21. The molecular formula is C11H17N3O4S. The van der Waals surface area contributed by atoms with Gasteiger partial charge in [0.15, 0.2) is 5.03 Å². The van der Waals surface area contributed by atoms with Crippen molar-refractivity contribution in [1.82, 2.24) is 14.3 Å². The maximum Gasteiger partial charge on any atom is 0.322 e. The summed E-state index contributed by atoms with van der Waals surface area (Å²) in [6.45, 7) is 3.63. The molecule has 1 fully saturated rings. The lowest BCUT2D eigenvalue weighted by atomic mass is 9.93. The van der Waals surface area contributed by atoms with Crippen molar-refractivity contribution in [2.24, 2.45) is 5.92 Å². The number of hydrogen-bond acceptors (Lipinski definition) is 4. The summed E-state index contributed by atoms with van der Waals surface area (Å²) in [5.41, 5.74) is 0. The van der Waals surface area contributed by atoms with Crippen molar-refractivity contribution in [3.05, 3.63) is 12.0 Å². The molecule has 2 N–H and O–H groups in total. The van der Waals surface area contributed by atoms with Gasteiger partial charge in [-0.25, -0.2) is 13.4 Å². The highest BCUT2D eigenvalue weighted by atomic mass is 32.2. The molecule has 0 radical (unpaired) electrons. The lowest BCUT2D eigenvalue weighted by Gasteiger charge is -2.35. The molecule has 0 aromatic carbocycles. The van der Waals surface area contributed by atoms with E-state index in [1.54, 1.807) is 13.8 Å². The van der Waals surface area contributed by atoms with Crippen molar-refractivity contribution in [3.8, 4) is 0 Å². The Balaban J connectivity index is 2.40. The normalized spacial score (nSPS) is 25.4. The highest BCUT2D eigenvalue weighted by Gasteiger charge is 2.42. The average molecular weight is 287 g/mol. The smallest absolute Gasteiger partial charge is 0.322 e. The van der Waals surface area contributed by atoms with Gasteiger partial charge >= 0.3 is 5.97 Å². The van der Waals surface area contributed by atoms with Crippen molar-refractivity contribution in [2.75, 3.05) is 6.54 Å². The summed E-state index contributed by atoms with van der Waals surface area (Å²) in [6, 6.07) is -1.01. The van der Waals surface area contributed by atoms with Crippen LogP contribution in [0.3, 0.4) is 0 Å². The summed E-state index contributed by atoms with van der Waals surface area (Å²) in [7, 11) is -3.83. The van der Waals surface area contributed by atoms with Crippen LogP contribution in [-0.4, -0.2) is 46.4 Å². The number of carboxylic acid groups (broad SMARTS) is 1. The second-order valence-corrected chi connectivity index (χ2v) is 6.71. The van der Waals surface area contributed by atoms with Crippen molar-refractivity contribution >= 4 is 16.0 Å². The third-order valence-corrected chi connectivity index (χ3v) is 5.20. The molecule has 19 heavy (non-hydrogen) atoms. The van der Waals surface area contributed by atoms with Crippen LogP contribution in [0.2, 0.25) is 0 Å². The molecule has 1 saturated heterocycles. The molecule has 2 unspecified atom stereocenters. The number of piperidine rings is 1. The number of aromatic nitrogens is 2. The molecular weight excluding hydrogens is 270 g/mol. The maximum atomic E-state index is 12.5. The lowest BCUT2D eigenvalue weighted by Crippen LogP contribution is -2.51. The number of aryl methyl sites for hydroxylation is 1. The fourth-order valence-corrected chi connectivity index (χ4v) is 4.12. The predicted octanol–water partition coefficient (Wildman–Crippen LogP) is 0.592. The Morgan fingerprint density at radius 3 is 2.79 bits per heavy atom. The highest BCUT2D eigenvalue weighted by molar-refractivity contribution is 7.89. The summed E-state index contributed by atoms with van der Waals surface area (Å²) >= 11 is 0. The van der Waals surface area contributed by atoms with Gasteiger partial charge in [-0.2, -0.15) is 4.31 Å². The summed E-state index contributed by atoms with van der Waals surface area (Å²) in [6.07, 6.45) is 2.60. The van der Waals surface area contributed by atoms with Gasteiger partial charge in [-0.3, -0.25) is 4.79 Å². The molecule has 2 rings (SSSR count). The monoisotopic (exact) mass is 287 g/mol. The first kappa shape index (κ1) is 14.0. The van der Waals surface area contributed by atoms with Gasteiger partial charge in [-0.05, 0) is 25.7 Å². The molecule has 1 aliphatic heterocycles. The Bertz CT molecular complexity index is 581. The third kappa shape index (κ3) is 2.50. The van der Waals surface area contributed by atoms with Gasteiger partial charge in [-0.15, -0.1) is 0 Å². The van der Waals surface area contributed by atoms with Crippen molar-refractivity contribution < 1.29 is 18.3 Å². The summed E-state index contributed by atoms with van der Waals surface area (Å²) < 4.78 is 26.0. The number of nitrogens with one attached hydrogen (secondary N) is 1. The number of carboxylic acids is 1. The van der Waals surface area contributed by atoms with Crippen LogP contribution in [0.15, 0.2) is 11.2 Å². The third-order valence-electron chi connectivity index (χ3n) is 3.41. The molecule has 1 aromatic heterocycles. The van der Waals surface area contributed by atoms with Gasteiger partial charge in [0.25, 0.3) is 10.0 Å². The second kappa shape index (κ2) is 4.93. The molecule has 8 heteroatoms. The quantitative estimate of drug-likeness (QED) is 0.847. The van der Waals surface area contributed by atoms with Gasteiger partial charge in [-0.1, -0.05) is 6.92 Å². The molecule has 0 spiro atoms. The van der Waals surface area contributed by atoms with E-state index in [0.717, 1.165) is 4.31 Å². The van der Waals surface area contributed by atoms with Crippen LogP contribution in [0.5, 0.6) is 0 Å². The largest absolute Gasteiger partial charge is 0.480 e. The first-order valence-electron chi connectivity index (χ1n) is 6.10. The number of aromatic amines is 1. The Morgan fingerprint density at radius 1 is 1.58 bits per heavy atom. The number of H-pyrrole nitrogens is 1. The van der Waals surface area contributed by atoms with Crippen molar-refractivity contribution in [2.45, 2.75) is 37.8 Å². The molecule has 0 amide bonds. The van der Waals surface area contributed by atoms with Gasteiger partial charge in [0.1, 0.15) is 11.9 Å². The number of rotatable bonds is 3. The number of sulfonamides is 1. The van der Waals surface area contributed by atoms with E-state index in [1.165, 1.54) is 6.20 Å². The average Bonchev–Trinajstić information content (AvgIpc) is 2.75. The van der Waals surface area contributed by atoms with E-state index in [9.17, 15) is 18.3 Å². The standard InChI is InChI=1S/C11H17N3O4S/c1-7-4-3-5-14(10(7)11(15)16)19(17,18)9-6-12-8(2)13-9/h6-7,10H,3-5H2,1-2H3,(H,12,13)(H,15,16). The minimum Gasteiger partial charge on any atom is -0.480 e. The molecule has 106 valence electrons. The molecule has 2 heterocycles. The number of nitrogens with zero attached hydrogens (tertiary/aromatic N) is 2. The van der Waals surface area contributed by atoms with E-state index in [0.29, 0.717) is 18.7 Å². The topological polar surface area (TPSA) is 103 Å². The Hall–Kier alpha value is -1.41. The predicted molar refractivity (Wildman–Crippen MR) is 67.0 cm³/mol. The SMILES string of the molecule is Cc1ncc(S(=O)(=O)N2CCCC(C)C2C(=O)O)[nH]1. The van der Waals surface area contributed by atoms with Gasteiger partial charge < -0.3 is 10.1 Å². The van der Waals surface area contributed by atoms with E-state index < -0.39 is 22.0 Å². The minimum atomic E-state index is -3.83. The lowest BCUT2D eigenvalue weighted by molar-refractivity contribution is -0.144. The Kier molecular flexibility index (Phi) is 3.64. The maximum absolute atomic E-state index is 12.5. The first-order valence-corrected chi connectivity index (χ1v) is 7.54. The molecule has 1 aromatic rings. The van der Waals surface area contributed by atoms with Crippen LogP contribution in [0.4, 0.5) is 0 Å². The second-order valence-electron chi connectivity index (χ2n) is 4.85. The van der Waals surface area contributed by atoms with E-state index in [4.69, 9.17) is 0 Å².